The molecule has 0 saturated carbocycles. The van der Waals surface area contributed by atoms with Crippen molar-refractivity contribution in [2.75, 3.05) is 5.73 Å². The Morgan fingerprint density at radius 3 is 2.19 bits per heavy atom. The monoisotopic (exact) mass is 359 g/mol. The minimum atomic E-state index is -0.964. The second-order valence-corrected chi connectivity index (χ2v) is 5.19. The fraction of sp³-hybridized carbons (Fsp3) is 0. The zero-order chi connectivity index (χ0) is 15.3. The van der Waals surface area contributed by atoms with Gasteiger partial charge in [0, 0.05) is 16.6 Å². The molecule has 1 heterocycles. The largest absolute Gasteiger partial charge is 0.369 e. The van der Waals surface area contributed by atoms with Gasteiger partial charge in [0.25, 0.3) is 0 Å². The Labute approximate surface area is 124 Å². The first-order chi connectivity index (χ1) is 9.88. The van der Waals surface area contributed by atoms with Crippen molar-refractivity contribution in [1.29, 1.82) is 0 Å². The van der Waals surface area contributed by atoms with Crippen LogP contribution >= 0.6 is 15.9 Å². The van der Waals surface area contributed by atoms with E-state index in [1.54, 1.807) is 0 Å². The molecule has 2 aromatic carbocycles. The molecular weight excluding hydrogens is 354 g/mol. The Morgan fingerprint density at radius 2 is 1.57 bits per heavy atom. The fourth-order valence-corrected chi connectivity index (χ4v) is 2.51. The van der Waals surface area contributed by atoms with Crippen molar-refractivity contribution < 1.29 is 17.6 Å². The van der Waals surface area contributed by atoms with Gasteiger partial charge in [-0.3, -0.25) is 4.57 Å². The third kappa shape index (κ3) is 2.15. The van der Waals surface area contributed by atoms with Gasteiger partial charge in [0.1, 0.15) is 17.0 Å². The van der Waals surface area contributed by atoms with Gasteiger partial charge < -0.3 is 5.73 Å². The van der Waals surface area contributed by atoms with Crippen LogP contribution in [-0.2, 0) is 0 Å². The van der Waals surface area contributed by atoms with E-state index in [1.807, 2.05) is 0 Å². The van der Waals surface area contributed by atoms with Crippen LogP contribution in [0.25, 0.3) is 16.7 Å². The van der Waals surface area contributed by atoms with E-state index in [1.165, 1.54) is 0 Å². The lowest BCUT2D eigenvalue weighted by Gasteiger charge is -2.09. The average molecular weight is 360 g/mol. The highest BCUT2D eigenvalue weighted by molar-refractivity contribution is 9.10. The molecule has 0 aliphatic rings. The molecule has 3 aromatic rings. The number of hydrogen-bond donors (Lipinski definition) is 1. The Bertz CT molecular complexity index is 852. The van der Waals surface area contributed by atoms with Gasteiger partial charge in [-0.2, -0.15) is 0 Å². The molecule has 0 aliphatic heterocycles. The Kier molecular flexibility index (Phi) is 3.12. The van der Waals surface area contributed by atoms with Crippen LogP contribution in [0, 0.1) is 23.3 Å². The summed E-state index contributed by atoms with van der Waals surface area (Å²) in [4.78, 5) is 3.69. The van der Waals surface area contributed by atoms with Crippen molar-refractivity contribution in [3.05, 3.63) is 52.0 Å². The standard InChI is InChI=1S/C13H6BrF4N3/c14-5-1-8(17)12(9(18)2-5)21-10-4-6(15)3-7(16)11(10)20-13(21)19/h1-4H,(H2,19,20). The van der Waals surface area contributed by atoms with Gasteiger partial charge in [0.15, 0.2) is 17.5 Å². The fourth-order valence-electron chi connectivity index (χ4n) is 2.10. The highest BCUT2D eigenvalue weighted by atomic mass is 79.9. The van der Waals surface area contributed by atoms with E-state index >= 15 is 0 Å². The number of fused-ring (bicyclic) bond motifs is 1. The molecule has 0 radical (unpaired) electrons. The quantitative estimate of drug-likeness (QED) is 0.669. The first-order valence-electron chi connectivity index (χ1n) is 5.66. The molecule has 3 nitrogen and oxygen atoms in total. The zero-order valence-corrected chi connectivity index (χ0v) is 11.8. The summed E-state index contributed by atoms with van der Waals surface area (Å²) in [6.07, 6.45) is 0. The molecule has 0 unspecified atom stereocenters. The topological polar surface area (TPSA) is 43.8 Å². The predicted molar refractivity (Wildman–Crippen MR) is 73.0 cm³/mol. The third-order valence-corrected chi connectivity index (χ3v) is 3.37. The van der Waals surface area contributed by atoms with Crippen molar-refractivity contribution in [3.8, 4) is 5.69 Å². The number of nitrogen functional groups attached to an aromatic ring is 1. The number of nitrogens with two attached hydrogens (primary N) is 1. The summed E-state index contributed by atoms with van der Waals surface area (Å²) >= 11 is 2.95. The number of benzene rings is 2. The van der Waals surface area contributed by atoms with Crippen molar-refractivity contribution in [2.45, 2.75) is 0 Å². The van der Waals surface area contributed by atoms with E-state index in [4.69, 9.17) is 5.73 Å². The summed E-state index contributed by atoms with van der Waals surface area (Å²) in [5, 5.41) is 0. The second-order valence-electron chi connectivity index (χ2n) is 4.28. The van der Waals surface area contributed by atoms with E-state index in [-0.39, 0.29) is 21.5 Å². The first kappa shape index (κ1) is 13.9. The average Bonchev–Trinajstić information content (AvgIpc) is 2.66. The maximum absolute atomic E-state index is 14.0. The van der Waals surface area contributed by atoms with Crippen molar-refractivity contribution in [3.63, 3.8) is 0 Å². The Morgan fingerprint density at radius 1 is 0.952 bits per heavy atom. The van der Waals surface area contributed by atoms with E-state index < -0.39 is 29.0 Å². The molecule has 0 bridgehead atoms. The molecule has 0 aliphatic carbocycles. The van der Waals surface area contributed by atoms with Gasteiger partial charge in [-0.05, 0) is 12.1 Å². The summed E-state index contributed by atoms with van der Waals surface area (Å²) in [5.41, 5.74) is 4.62. The van der Waals surface area contributed by atoms with Crippen molar-refractivity contribution >= 4 is 32.9 Å². The number of hydrogen-bond acceptors (Lipinski definition) is 2. The number of rotatable bonds is 1. The number of halogens is 5. The van der Waals surface area contributed by atoms with Crippen LogP contribution in [0.4, 0.5) is 23.5 Å². The summed E-state index contributed by atoms with van der Waals surface area (Å²) in [6.45, 7) is 0. The normalized spacial score (nSPS) is 11.3. The summed E-state index contributed by atoms with van der Waals surface area (Å²) in [7, 11) is 0. The molecule has 0 spiro atoms. The van der Waals surface area contributed by atoms with Gasteiger partial charge in [0.2, 0.25) is 5.95 Å². The third-order valence-electron chi connectivity index (χ3n) is 2.91. The van der Waals surface area contributed by atoms with Crippen LogP contribution in [0.1, 0.15) is 0 Å². The van der Waals surface area contributed by atoms with Crippen LogP contribution in [-0.4, -0.2) is 9.55 Å². The molecular formula is C13H6BrF4N3. The Hall–Kier alpha value is -2.09. The minimum absolute atomic E-state index is 0.162. The second kappa shape index (κ2) is 4.73. The van der Waals surface area contributed by atoms with Crippen molar-refractivity contribution in [2.24, 2.45) is 0 Å². The molecule has 0 saturated heterocycles. The zero-order valence-electron chi connectivity index (χ0n) is 10.2. The number of imidazole rings is 1. The SMILES string of the molecule is Nc1nc2c(F)cc(F)cc2n1-c1c(F)cc(Br)cc1F. The van der Waals surface area contributed by atoms with Gasteiger partial charge >= 0.3 is 0 Å². The number of aromatic nitrogens is 2. The lowest BCUT2D eigenvalue weighted by molar-refractivity contribution is 0.569. The van der Waals surface area contributed by atoms with E-state index in [9.17, 15) is 17.6 Å². The van der Waals surface area contributed by atoms with Gasteiger partial charge in [-0.15, -0.1) is 0 Å². The number of nitrogens with zero attached hydrogens (tertiary/aromatic N) is 2. The van der Waals surface area contributed by atoms with E-state index in [0.717, 1.165) is 22.8 Å². The van der Waals surface area contributed by atoms with Crippen LogP contribution in [0.2, 0.25) is 0 Å². The van der Waals surface area contributed by atoms with Gasteiger partial charge in [-0.25, -0.2) is 22.5 Å². The van der Waals surface area contributed by atoms with Crippen LogP contribution in [0.15, 0.2) is 28.7 Å². The smallest absolute Gasteiger partial charge is 0.206 e. The Balaban J connectivity index is 2.44. The predicted octanol–water partition coefficient (Wildman–Crippen LogP) is 3.93. The van der Waals surface area contributed by atoms with Crippen LogP contribution < -0.4 is 5.73 Å². The van der Waals surface area contributed by atoms with Gasteiger partial charge in [-0.1, -0.05) is 15.9 Å². The molecule has 0 amide bonds. The molecule has 0 fully saturated rings. The first-order valence-corrected chi connectivity index (χ1v) is 6.45. The number of anilines is 1. The van der Waals surface area contributed by atoms with Crippen molar-refractivity contribution in [1.82, 2.24) is 9.55 Å². The van der Waals surface area contributed by atoms with Crippen LogP contribution in [0.3, 0.4) is 0 Å². The maximum Gasteiger partial charge on any atom is 0.206 e. The lowest BCUT2D eigenvalue weighted by Crippen LogP contribution is -2.06. The molecule has 108 valence electrons. The summed E-state index contributed by atoms with van der Waals surface area (Å²) < 4.78 is 56.1. The molecule has 8 heteroatoms. The molecule has 1 aromatic heterocycles. The summed E-state index contributed by atoms with van der Waals surface area (Å²) in [6, 6.07) is 3.55. The summed E-state index contributed by atoms with van der Waals surface area (Å²) in [5.74, 6) is -4.11. The molecule has 3 rings (SSSR count). The minimum Gasteiger partial charge on any atom is -0.369 e. The van der Waals surface area contributed by atoms with Crippen LogP contribution in [0.5, 0.6) is 0 Å². The highest BCUT2D eigenvalue weighted by Gasteiger charge is 2.20. The lowest BCUT2D eigenvalue weighted by atomic mass is 10.2. The molecule has 0 atom stereocenters. The molecule has 2 N–H and O–H groups in total. The highest BCUT2D eigenvalue weighted by Crippen LogP contribution is 2.30. The molecule has 21 heavy (non-hydrogen) atoms. The van der Waals surface area contributed by atoms with E-state index in [2.05, 4.69) is 20.9 Å². The maximum atomic E-state index is 14.0. The van der Waals surface area contributed by atoms with Gasteiger partial charge in [0.05, 0.1) is 5.52 Å². The van der Waals surface area contributed by atoms with E-state index in [0.29, 0.717) is 6.07 Å².